The van der Waals surface area contributed by atoms with Crippen LogP contribution in [0.3, 0.4) is 0 Å². The third-order valence-electron chi connectivity index (χ3n) is 3.66. The molecule has 5 N–H and O–H groups in total. The molecule has 3 rings (SSSR count). The van der Waals surface area contributed by atoms with E-state index < -0.39 is 0 Å². The Morgan fingerprint density at radius 1 is 1.24 bits per heavy atom. The number of hydrogen-bond acceptors (Lipinski definition) is 6. The number of nitrogen functional groups attached to an aromatic ring is 1. The molecular weight excluding hydrogens is 268 g/mol. The highest BCUT2D eigenvalue weighted by Gasteiger charge is 2.27. The Labute approximate surface area is 124 Å². The first-order chi connectivity index (χ1) is 10.2. The Balaban J connectivity index is 1.45. The summed E-state index contributed by atoms with van der Waals surface area (Å²) in [4.78, 5) is 20.4. The number of anilines is 2. The van der Waals surface area contributed by atoms with Crippen LogP contribution in [-0.4, -0.2) is 28.5 Å². The van der Waals surface area contributed by atoms with E-state index in [0.29, 0.717) is 30.7 Å². The zero-order valence-corrected chi connectivity index (χ0v) is 12.1. The first kappa shape index (κ1) is 14.1. The molecule has 0 unspecified atom stereocenters. The summed E-state index contributed by atoms with van der Waals surface area (Å²) in [5, 5.41) is 6.22. The summed E-state index contributed by atoms with van der Waals surface area (Å²) in [6, 6.07) is 2.22. The van der Waals surface area contributed by atoms with Crippen LogP contribution in [0.1, 0.15) is 50.3 Å². The third kappa shape index (κ3) is 4.29. The van der Waals surface area contributed by atoms with Crippen molar-refractivity contribution in [3.8, 4) is 0 Å². The molecule has 21 heavy (non-hydrogen) atoms. The van der Waals surface area contributed by atoms with Crippen LogP contribution in [0, 0.1) is 0 Å². The molecule has 0 spiro atoms. The molecule has 1 aromatic rings. The van der Waals surface area contributed by atoms with Gasteiger partial charge in [-0.2, -0.15) is 0 Å². The topological polar surface area (TPSA) is 105 Å². The van der Waals surface area contributed by atoms with Crippen molar-refractivity contribution in [1.82, 2.24) is 15.3 Å². The average molecular weight is 290 g/mol. The lowest BCUT2D eigenvalue weighted by atomic mass is 10.3. The number of carbonyl (C=O) groups excluding carboxylic acids is 1. The minimum atomic E-state index is 0.143. The van der Waals surface area contributed by atoms with Gasteiger partial charge in [0.1, 0.15) is 17.5 Å². The SMILES string of the molecule is NNc1cc(NCCCC(=O)NC2CC2)nc(C2CC2)n1. The van der Waals surface area contributed by atoms with Crippen LogP contribution in [0.4, 0.5) is 11.6 Å². The van der Waals surface area contributed by atoms with E-state index >= 15 is 0 Å². The molecule has 114 valence electrons. The van der Waals surface area contributed by atoms with Gasteiger partial charge >= 0.3 is 0 Å². The highest BCUT2D eigenvalue weighted by molar-refractivity contribution is 5.76. The number of carbonyl (C=O) groups is 1. The standard InChI is InChI=1S/C14H22N6O/c15-20-12-8-11(18-14(19-12)9-3-4-9)16-7-1-2-13(21)17-10-5-6-10/h8-10H,1-7,15H2,(H,17,21)(H2,16,18,19,20). The van der Waals surface area contributed by atoms with E-state index in [1.807, 2.05) is 0 Å². The van der Waals surface area contributed by atoms with Crippen LogP contribution >= 0.6 is 0 Å². The van der Waals surface area contributed by atoms with E-state index in [1.54, 1.807) is 6.07 Å². The van der Waals surface area contributed by atoms with Crippen LogP contribution in [0.5, 0.6) is 0 Å². The fraction of sp³-hybridized carbons (Fsp3) is 0.643. The van der Waals surface area contributed by atoms with Crippen molar-refractivity contribution >= 4 is 17.5 Å². The van der Waals surface area contributed by atoms with Crippen molar-refractivity contribution in [3.05, 3.63) is 11.9 Å². The van der Waals surface area contributed by atoms with Crippen LogP contribution in [0.25, 0.3) is 0 Å². The number of nitrogens with zero attached hydrogens (tertiary/aromatic N) is 2. The fourth-order valence-electron chi connectivity index (χ4n) is 2.15. The van der Waals surface area contributed by atoms with Crippen molar-refractivity contribution < 1.29 is 4.79 Å². The van der Waals surface area contributed by atoms with Gasteiger partial charge in [0, 0.05) is 31.0 Å². The van der Waals surface area contributed by atoms with Crippen molar-refractivity contribution in [2.24, 2.45) is 5.84 Å². The Kier molecular flexibility index (Phi) is 4.19. The van der Waals surface area contributed by atoms with Gasteiger partial charge in [-0.1, -0.05) is 0 Å². The van der Waals surface area contributed by atoms with E-state index in [0.717, 1.165) is 43.7 Å². The Morgan fingerprint density at radius 3 is 2.67 bits per heavy atom. The zero-order chi connectivity index (χ0) is 14.7. The van der Waals surface area contributed by atoms with Crippen molar-refractivity contribution in [2.45, 2.75) is 50.5 Å². The molecule has 0 radical (unpaired) electrons. The second-order valence-corrected chi connectivity index (χ2v) is 5.79. The molecule has 7 heteroatoms. The van der Waals surface area contributed by atoms with E-state index in [4.69, 9.17) is 5.84 Å². The molecule has 2 saturated carbocycles. The molecule has 0 aromatic carbocycles. The van der Waals surface area contributed by atoms with E-state index in [1.165, 1.54) is 0 Å². The maximum atomic E-state index is 11.6. The monoisotopic (exact) mass is 290 g/mol. The number of nitrogens with one attached hydrogen (secondary N) is 3. The number of hydrogen-bond donors (Lipinski definition) is 4. The highest BCUT2D eigenvalue weighted by atomic mass is 16.1. The first-order valence-electron chi connectivity index (χ1n) is 7.63. The number of hydrazine groups is 1. The molecule has 0 aliphatic heterocycles. The maximum Gasteiger partial charge on any atom is 0.220 e. The Morgan fingerprint density at radius 2 is 2.00 bits per heavy atom. The molecule has 0 atom stereocenters. The van der Waals surface area contributed by atoms with Gasteiger partial charge in [0.25, 0.3) is 0 Å². The van der Waals surface area contributed by atoms with Gasteiger partial charge in [-0.05, 0) is 32.1 Å². The van der Waals surface area contributed by atoms with E-state index in [-0.39, 0.29) is 5.91 Å². The largest absolute Gasteiger partial charge is 0.370 e. The van der Waals surface area contributed by atoms with Gasteiger partial charge in [-0.15, -0.1) is 0 Å². The smallest absolute Gasteiger partial charge is 0.220 e. The lowest BCUT2D eigenvalue weighted by Crippen LogP contribution is -2.25. The molecule has 1 amide bonds. The molecular formula is C14H22N6O. The summed E-state index contributed by atoms with van der Waals surface area (Å²) in [5.74, 6) is 8.29. The average Bonchev–Trinajstić information content (AvgIpc) is 3.36. The van der Waals surface area contributed by atoms with Crippen LogP contribution in [0.15, 0.2) is 6.07 Å². The summed E-state index contributed by atoms with van der Waals surface area (Å²) in [6.45, 7) is 0.712. The van der Waals surface area contributed by atoms with Gasteiger partial charge in [-0.3, -0.25) is 4.79 Å². The minimum Gasteiger partial charge on any atom is -0.370 e. The maximum absolute atomic E-state index is 11.6. The fourth-order valence-corrected chi connectivity index (χ4v) is 2.15. The number of aromatic nitrogens is 2. The molecule has 1 heterocycles. The Hall–Kier alpha value is -1.89. The van der Waals surface area contributed by atoms with E-state index in [9.17, 15) is 4.79 Å². The molecule has 0 bridgehead atoms. The molecule has 7 nitrogen and oxygen atoms in total. The summed E-state index contributed by atoms with van der Waals surface area (Å²) >= 11 is 0. The van der Waals surface area contributed by atoms with Crippen LogP contribution in [-0.2, 0) is 4.79 Å². The molecule has 1 aromatic heterocycles. The number of rotatable bonds is 8. The van der Waals surface area contributed by atoms with Crippen molar-refractivity contribution in [2.75, 3.05) is 17.3 Å². The molecule has 2 aliphatic rings. The quantitative estimate of drug-likeness (QED) is 0.325. The number of nitrogens with two attached hydrogens (primary N) is 1. The van der Waals surface area contributed by atoms with Crippen LogP contribution in [0.2, 0.25) is 0 Å². The van der Waals surface area contributed by atoms with Crippen molar-refractivity contribution in [1.29, 1.82) is 0 Å². The Bertz CT molecular complexity index is 512. The third-order valence-corrected chi connectivity index (χ3v) is 3.66. The van der Waals surface area contributed by atoms with Gasteiger partial charge in [-0.25, -0.2) is 15.8 Å². The zero-order valence-electron chi connectivity index (χ0n) is 12.1. The summed E-state index contributed by atoms with van der Waals surface area (Å²) in [5.41, 5.74) is 2.57. The highest BCUT2D eigenvalue weighted by Crippen LogP contribution is 2.38. The summed E-state index contributed by atoms with van der Waals surface area (Å²) < 4.78 is 0. The summed E-state index contributed by atoms with van der Waals surface area (Å²) in [6.07, 6.45) is 5.88. The summed E-state index contributed by atoms with van der Waals surface area (Å²) in [7, 11) is 0. The molecule has 0 saturated heterocycles. The van der Waals surface area contributed by atoms with Crippen molar-refractivity contribution in [3.63, 3.8) is 0 Å². The number of amides is 1. The normalized spacial score (nSPS) is 17.4. The minimum absolute atomic E-state index is 0.143. The second-order valence-electron chi connectivity index (χ2n) is 5.79. The molecule has 2 fully saturated rings. The first-order valence-corrected chi connectivity index (χ1v) is 7.63. The van der Waals surface area contributed by atoms with Crippen LogP contribution < -0.4 is 21.9 Å². The van der Waals surface area contributed by atoms with E-state index in [2.05, 4.69) is 26.0 Å². The van der Waals surface area contributed by atoms with Gasteiger partial charge in [0.2, 0.25) is 5.91 Å². The predicted octanol–water partition coefficient (Wildman–Crippen LogP) is 1.11. The lowest BCUT2D eigenvalue weighted by molar-refractivity contribution is -0.121. The molecule has 2 aliphatic carbocycles. The second kappa shape index (κ2) is 6.26. The van der Waals surface area contributed by atoms with Gasteiger partial charge < -0.3 is 16.1 Å². The van der Waals surface area contributed by atoms with Gasteiger partial charge in [0.05, 0.1) is 0 Å². The predicted molar refractivity (Wildman–Crippen MR) is 80.7 cm³/mol. The lowest BCUT2D eigenvalue weighted by Gasteiger charge is -2.09. The van der Waals surface area contributed by atoms with Gasteiger partial charge in [0.15, 0.2) is 0 Å².